The van der Waals surface area contributed by atoms with E-state index in [4.69, 9.17) is 4.74 Å². The molecule has 1 saturated carbocycles. The van der Waals surface area contributed by atoms with Crippen molar-refractivity contribution in [3.05, 3.63) is 0 Å². The van der Waals surface area contributed by atoms with Crippen molar-refractivity contribution in [2.45, 2.75) is 70.9 Å². The van der Waals surface area contributed by atoms with Crippen molar-refractivity contribution in [1.29, 1.82) is 0 Å². The van der Waals surface area contributed by atoms with Gasteiger partial charge in [0.05, 0.1) is 5.60 Å². The fourth-order valence-corrected chi connectivity index (χ4v) is 2.03. The van der Waals surface area contributed by atoms with E-state index in [0.717, 1.165) is 12.0 Å². The topological polar surface area (TPSA) is 21.3 Å². The molecular weight excluding hydrogens is 198 g/mol. The summed E-state index contributed by atoms with van der Waals surface area (Å²) in [6, 6.07) is 0.842. The lowest BCUT2D eigenvalue weighted by Crippen LogP contribution is -2.28. The Bertz CT molecular complexity index is 187. The molecule has 1 N–H and O–H groups in total. The molecule has 0 aromatic heterocycles. The first kappa shape index (κ1) is 14.0. The van der Waals surface area contributed by atoms with Crippen LogP contribution in [0.25, 0.3) is 0 Å². The zero-order valence-corrected chi connectivity index (χ0v) is 11.5. The van der Waals surface area contributed by atoms with Crippen LogP contribution in [0.4, 0.5) is 0 Å². The number of ether oxygens (including phenoxy) is 1. The van der Waals surface area contributed by atoms with Crippen molar-refractivity contribution >= 4 is 0 Å². The summed E-state index contributed by atoms with van der Waals surface area (Å²) < 4.78 is 5.48. The molecule has 1 fully saturated rings. The molecular formula is C14H29NO. The van der Waals surface area contributed by atoms with Gasteiger partial charge in [-0.2, -0.15) is 0 Å². The van der Waals surface area contributed by atoms with E-state index in [0.29, 0.717) is 0 Å². The standard InChI is InChI=1S/C14H29NO/c1-5-6-12(11-15-13-7-8-13)9-10-14(2,3)16-4/h12-13,15H,5-11H2,1-4H3. The third-order valence-corrected chi connectivity index (χ3v) is 3.68. The van der Waals surface area contributed by atoms with Gasteiger partial charge in [-0.05, 0) is 58.4 Å². The van der Waals surface area contributed by atoms with Crippen molar-refractivity contribution in [3.63, 3.8) is 0 Å². The summed E-state index contributed by atoms with van der Waals surface area (Å²) in [6.07, 6.45) is 7.88. The van der Waals surface area contributed by atoms with Crippen LogP contribution >= 0.6 is 0 Å². The number of nitrogens with one attached hydrogen (secondary N) is 1. The van der Waals surface area contributed by atoms with E-state index in [1.165, 1.54) is 45.1 Å². The van der Waals surface area contributed by atoms with E-state index >= 15 is 0 Å². The van der Waals surface area contributed by atoms with Crippen LogP contribution in [0.5, 0.6) is 0 Å². The van der Waals surface area contributed by atoms with Crippen LogP contribution in [0.2, 0.25) is 0 Å². The third-order valence-electron chi connectivity index (χ3n) is 3.68. The van der Waals surface area contributed by atoms with Gasteiger partial charge in [0.1, 0.15) is 0 Å². The van der Waals surface area contributed by atoms with E-state index in [-0.39, 0.29) is 5.60 Å². The first-order valence-electron chi connectivity index (χ1n) is 6.86. The van der Waals surface area contributed by atoms with Crippen molar-refractivity contribution in [1.82, 2.24) is 5.32 Å². The SMILES string of the molecule is CCCC(CCC(C)(C)OC)CNC1CC1. The highest BCUT2D eigenvalue weighted by atomic mass is 16.5. The van der Waals surface area contributed by atoms with Crippen LogP contribution in [0.3, 0.4) is 0 Å². The third kappa shape index (κ3) is 5.86. The highest BCUT2D eigenvalue weighted by molar-refractivity contribution is 4.82. The molecule has 0 aromatic carbocycles. The van der Waals surface area contributed by atoms with E-state index in [1.807, 2.05) is 7.11 Å². The minimum absolute atomic E-state index is 0.0472. The number of hydrogen-bond acceptors (Lipinski definition) is 2. The van der Waals surface area contributed by atoms with Crippen LogP contribution in [0.1, 0.15) is 59.3 Å². The molecule has 0 heterocycles. The number of rotatable bonds is 9. The van der Waals surface area contributed by atoms with Crippen LogP contribution in [0, 0.1) is 5.92 Å². The smallest absolute Gasteiger partial charge is 0.0622 e. The van der Waals surface area contributed by atoms with Crippen molar-refractivity contribution in [3.8, 4) is 0 Å². The molecule has 2 heteroatoms. The maximum Gasteiger partial charge on any atom is 0.0622 e. The first-order valence-corrected chi connectivity index (χ1v) is 6.86. The summed E-state index contributed by atoms with van der Waals surface area (Å²) in [6.45, 7) is 7.86. The minimum Gasteiger partial charge on any atom is -0.379 e. The zero-order valence-electron chi connectivity index (χ0n) is 11.5. The molecule has 1 rings (SSSR count). The molecule has 0 amide bonds. The van der Waals surface area contributed by atoms with Crippen LogP contribution in [-0.4, -0.2) is 25.3 Å². The highest BCUT2D eigenvalue weighted by Gasteiger charge is 2.23. The summed E-state index contributed by atoms with van der Waals surface area (Å²) in [4.78, 5) is 0. The first-order chi connectivity index (χ1) is 7.57. The quantitative estimate of drug-likeness (QED) is 0.652. The molecule has 0 aromatic rings. The highest BCUT2D eigenvalue weighted by Crippen LogP contribution is 2.24. The minimum atomic E-state index is 0.0472. The van der Waals surface area contributed by atoms with E-state index in [2.05, 4.69) is 26.1 Å². The lowest BCUT2D eigenvalue weighted by Gasteiger charge is -2.26. The molecule has 1 unspecified atom stereocenters. The van der Waals surface area contributed by atoms with Gasteiger partial charge in [-0.15, -0.1) is 0 Å². The summed E-state index contributed by atoms with van der Waals surface area (Å²) in [7, 11) is 1.82. The van der Waals surface area contributed by atoms with Gasteiger partial charge in [0, 0.05) is 13.2 Å². The molecule has 0 bridgehead atoms. The average Bonchev–Trinajstić information content (AvgIpc) is 3.06. The molecule has 96 valence electrons. The Morgan fingerprint density at radius 1 is 1.31 bits per heavy atom. The Labute approximate surface area is 101 Å². The van der Waals surface area contributed by atoms with Crippen LogP contribution in [-0.2, 0) is 4.74 Å². The van der Waals surface area contributed by atoms with Crippen LogP contribution < -0.4 is 5.32 Å². The summed E-state index contributed by atoms with van der Waals surface area (Å²) >= 11 is 0. The Morgan fingerprint density at radius 2 is 2.00 bits per heavy atom. The summed E-state index contributed by atoms with van der Waals surface area (Å²) in [5.41, 5.74) is 0.0472. The fourth-order valence-electron chi connectivity index (χ4n) is 2.03. The van der Waals surface area contributed by atoms with Crippen LogP contribution in [0.15, 0.2) is 0 Å². The molecule has 0 saturated heterocycles. The van der Waals surface area contributed by atoms with Gasteiger partial charge >= 0.3 is 0 Å². The molecule has 16 heavy (non-hydrogen) atoms. The van der Waals surface area contributed by atoms with Gasteiger partial charge in [0.25, 0.3) is 0 Å². The van der Waals surface area contributed by atoms with Gasteiger partial charge in [0.2, 0.25) is 0 Å². The second-order valence-electron chi connectivity index (χ2n) is 5.84. The molecule has 2 nitrogen and oxygen atoms in total. The number of hydrogen-bond donors (Lipinski definition) is 1. The van der Waals surface area contributed by atoms with Gasteiger partial charge in [-0.1, -0.05) is 13.3 Å². The Kier molecular flexibility index (Phi) is 5.77. The van der Waals surface area contributed by atoms with Gasteiger partial charge < -0.3 is 10.1 Å². The van der Waals surface area contributed by atoms with Crippen molar-refractivity contribution in [2.75, 3.05) is 13.7 Å². The van der Waals surface area contributed by atoms with Gasteiger partial charge in [0.15, 0.2) is 0 Å². The van der Waals surface area contributed by atoms with Gasteiger partial charge in [-0.3, -0.25) is 0 Å². The van der Waals surface area contributed by atoms with Crippen molar-refractivity contribution < 1.29 is 4.74 Å². The lowest BCUT2D eigenvalue weighted by molar-refractivity contribution is 0.0101. The average molecular weight is 227 g/mol. The maximum absolute atomic E-state index is 5.48. The van der Waals surface area contributed by atoms with E-state index in [1.54, 1.807) is 0 Å². The normalized spacial score (nSPS) is 18.8. The molecule has 1 atom stereocenters. The second kappa shape index (κ2) is 6.61. The molecule has 0 spiro atoms. The molecule has 0 aliphatic heterocycles. The largest absolute Gasteiger partial charge is 0.379 e. The number of methoxy groups -OCH3 is 1. The molecule has 1 aliphatic rings. The Balaban J connectivity index is 2.20. The van der Waals surface area contributed by atoms with E-state index in [9.17, 15) is 0 Å². The molecule has 0 radical (unpaired) electrons. The van der Waals surface area contributed by atoms with E-state index < -0.39 is 0 Å². The fraction of sp³-hybridized carbons (Fsp3) is 1.00. The molecule has 1 aliphatic carbocycles. The predicted octanol–water partition coefficient (Wildman–Crippen LogP) is 3.36. The zero-order chi connectivity index (χ0) is 12.0. The van der Waals surface area contributed by atoms with Gasteiger partial charge in [-0.25, -0.2) is 0 Å². The monoisotopic (exact) mass is 227 g/mol. The predicted molar refractivity (Wildman–Crippen MR) is 69.7 cm³/mol. The maximum atomic E-state index is 5.48. The summed E-state index contributed by atoms with van der Waals surface area (Å²) in [5.74, 6) is 0.833. The Morgan fingerprint density at radius 3 is 2.50 bits per heavy atom. The van der Waals surface area contributed by atoms with Crippen molar-refractivity contribution in [2.24, 2.45) is 5.92 Å². The second-order valence-corrected chi connectivity index (χ2v) is 5.84. The summed E-state index contributed by atoms with van der Waals surface area (Å²) in [5, 5.41) is 3.65. The Hall–Kier alpha value is -0.0800. The lowest BCUT2D eigenvalue weighted by atomic mass is 9.92.